The van der Waals surface area contributed by atoms with Crippen LogP contribution in [-0.2, 0) is 26.2 Å². The lowest BCUT2D eigenvalue weighted by Gasteiger charge is -2.28. The third-order valence-electron chi connectivity index (χ3n) is 8.14. The van der Waals surface area contributed by atoms with Gasteiger partial charge in [0.15, 0.2) is 0 Å². The molecule has 7 nitrogen and oxygen atoms in total. The van der Waals surface area contributed by atoms with Crippen molar-refractivity contribution in [3.8, 4) is 10.6 Å². The zero-order valence-electron chi connectivity index (χ0n) is 24.5. The number of aryl methyl sites for hydroxylation is 3. The van der Waals surface area contributed by atoms with Crippen LogP contribution in [0.3, 0.4) is 0 Å². The van der Waals surface area contributed by atoms with Crippen molar-refractivity contribution < 1.29 is 18.0 Å². The van der Waals surface area contributed by atoms with Crippen LogP contribution in [0, 0.1) is 34.6 Å². The fourth-order valence-electron chi connectivity index (χ4n) is 5.62. The largest absolute Gasteiger partial charge is 0.274 e. The predicted octanol–water partition coefficient (Wildman–Crippen LogP) is 7.09. The van der Waals surface area contributed by atoms with E-state index in [9.17, 15) is 18.0 Å². The van der Waals surface area contributed by atoms with E-state index in [1.807, 2.05) is 68.6 Å². The Morgan fingerprint density at radius 3 is 2.28 bits per heavy atom. The number of anilines is 1. The molecular weight excluding hydrogens is 599 g/mol. The van der Waals surface area contributed by atoms with E-state index < -0.39 is 27.9 Å². The van der Waals surface area contributed by atoms with Gasteiger partial charge in [0.25, 0.3) is 5.91 Å². The molecule has 3 heterocycles. The molecule has 0 saturated carbocycles. The summed E-state index contributed by atoms with van der Waals surface area (Å²) in [5.74, 6) is -0.980. The average Bonchev–Trinajstić information content (AvgIpc) is 3.70. The number of thiazole rings is 1. The summed E-state index contributed by atoms with van der Waals surface area (Å²) in [6, 6.07) is 17.8. The molecule has 1 atom stereocenters. The van der Waals surface area contributed by atoms with Gasteiger partial charge in [0.05, 0.1) is 27.2 Å². The Labute approximate surface area is 259 Å². The number of carbonyl (C=O) groups excluding carboxylic acids is 2. The van der Waals surface area contributed by atoms with E-state index >= 15 is 0 Å². The van der Waals surface area contributed by atoms with E-state index in [0.717, 1.165) is 47.3 Å². The number of carbonyl (C=O) groups is 2. The number of thiophene rings is 1. The summed E-state index contributed by atoms with van der Waals surface area (Å²) in [5.41, 5.74) is 6.38. The monoisotopic (exact) mass is 629 g/mol. The van der Waals surface area contributed by atoms with Crippen LogP contribution in [0.15, 0.2) is 70.9 Å². The molecule has 0 bridgehead atoms. The summed E-state index contributed by atoms with van der Waals surface area (Å²) < 4.78 is 31.2. The van der Waals surface area contributed by atoms with Crippen LogP contribution >= 0.6 is 22.7 Å². The summed E-state index contributed by atoms with van der Waals surface area (Å²) in [6.45, 7) is 9.40. The molecule has 43 heavy (non-hydrogen) atoms. The van der Waals surface area contributed by atoms with Gasteiger partial charge in [0, 0.05) is 17.0 Å². The fourth-order valence-corrected chi connectivity index (χ4v) is 9.62. The number of aromatic nitrogens is 1. The van der Waals surface area contributed by atoms with Crippen molar-refractivity contribution in [1.29, 1.82) is 0 Å². The average molecular weight is 630 g/mol. The molecule has 0 spiro atoms. The number of sulfonamides is 1. The van der Waals surface area contributed by atoms with Crippen molar-refractivity contribution in [1.82, 2.24) is 9.29 Å². The number of amides is 2. The van der Waals surface area contributed by atoms with Gasteiger partial charge in [-0.1, -0.05) is 18.2 Å². The SMILES string of the molecule is Cc1ccc2nc(-c3ccc(N4C(=O)CC(N(Cc5cccs5)S(=O)(=O)c5c(C)c(C)cc(C)c5C)C4=O)cc3)sc2c1. The van der Waals surface area contributed by atoms with Crippen LogP contribution in [0.2, 0.25) is 0 Å². The van der Waals surface area contributed by atoms with Crippen molar-refractivity contribution >= 4 is 60.4 Å². The molecule has 0 aliphatic carbocycles. The van der Waals surface area contributed by atoms with Crippen LogP contribution in [-0.4, -0.2) is 35.6 Å². The van der Waals surface area contributed by atoms with E-state index in [1.54, 1.807) is 37.3 Å². The topological polar surface area (TPSA) is 87.7 Å². The Bertz CT molecular complexity index is 1970. The van der Waals surface area contributed by atoms with E-state index in [-0.39, 0.29) is 17.9 Å². The minimum absolute atomic E-state index is 0.000580. The lowest BCUT2D eigenvalue weighted by Crippen LogP contribution is -2.45. The van der Waals surface area contributed by atoms with Crippen LogP contribution in [0.4, 0.5) is 5.69 Å². The molecule has 3 aromatic carbocycles. The van der Waals surface area contributed by atoms with E-state index in [4.69, 9.17) is 4.98 Å². The van der Waals surface area contributed by atoms with Gasteiger partial charge in [-0.05, 0) is 110 Å². The zero-order chi connectivity index (χ0) is 30.6. The lowest BCUT2D eigenvalue weighted by atomic mass is 10.0. The second-order valence-corrected chi connectivity index (χ2v) is 14.9. The maximum Gasteiger partial charge on any atom is 0.252 e. The molecule has 1 fully saturated rings. The Balaban J connectivity index is 1.35. The number of fused-ring (bicyclic) bond motifs is 1. The molecular formula is C33H31N3O4S3. The molecule has 0 radical (unpaired) electrons. The number of nitrogens with zero attached hydrogens (tertiary/aromatic N) is 3. The molecule has 0 N–H and O–H groups in total. The molecule has 10 heteroatoms. The molecule has 2 aromatic heterocycles. The second kappa shape index (κ2) is 11.1. The second-order valence-electron chi connectivity index (χ2n) is 11.0. The van der Waals surface area contributed by atoms with E-state index in [1.165, 1.54) is 15.6 Å². The minimum Gasteiger partial charge on any atom is -0.274 e. The first-order valence-corrected chi connectivity index (χ1v) is 17.1. The van der Waals surface area contributed by atoms with Crippen LogP contribution in [0.1, 0.15) is 39.1 Å². The quantitative estimate of drug-likeness (QED) is 0.179. The van der Waals surface area contributed by atoms with Gasteiger partial charge in [0.2, 0.25) is 15.9 Å². The van der Waals surface area contributed by atoms with Crippen LogP contribution in [0.5, 0.6) is 0 Å². The summed E-state index contributed by atoms with van der Waals surface area (Å²) >= 11 is 3.00. The van der Waals surface area contributed by atoms with Gasteiger partial charge in [-0.25, -0.2) is 18.3 Å². The van der Waals surface area contributed by atoms with Crippen molar-refractivity contribution in [2.24, 2.45) is 0 Å². The minimum atomic E-state index is -4.15. The Hall–Kier alpha value is -3.70. The van der Waals surface area contributed by atoms with Gasteiger partial charge in [-0.15, -0.1) is 22.7 Å². The van der Waals surface area contributed by atoms with Crippen LogP contribution < -0.4 is 4.90 Å². The lowest BCUT2D eigenvalue weighted by molar-refractivity contribution is -0.122. The van der Waals surface area contributed by atoms with Crippen molar-refractivity contribution in [3.63, 3.8) is 0 Å². The Kier molecular flexibility index (Phi) is 7.58. The maximum atomic E-state index is 14.4. The van der Waals surface area contributed by atoms with Crippen molar-refractivity contribution in [2.45, 2.75) is 58.5 Å². The van der Waals surface area contributed by atoms with Gasteiger partial charge in [-0.2, -0.15) is 4.31 Å². The van der Waals surface area contributed by atoms with Crippen molar-refractivity contribution in [2.75, 3.05) is 4.90 Å². The normalized spacial score (nSPS) is 15.8. The summed E-state index contributed by atoms with van der Waals surface area (Å²) in [4.78, 5) is 34.2. The third kappa shape index (κ3) is 5.22. The number of benzene rings is 3. The highest BCUT2D eigenvalue weighted by Gasteiger charge is 2.47. The Morgan fingerprint density at radius 2 is 1.63 bits per heavy atom. The summed E-state index contributed by atoms with van der Waals surface area (Å²) in [5, 5.41) is 2.71. The number of rotatable bonds is 7. The van der Waals surface area contributed by atoms with Gasteiger partial charge in [-0.3, -0.25) is 9.59 Å². The highest BCUT2D eigenvalue weighted by atomic mass is 32.2. The molecule has 6 rings (SSSR count). The first kappa shape index (κ1) is 29.4. The highest BCUT2D eigenvalue weighted by molar-refractivity contribution is 7.89. The van der Waals surface area contributed by atoms with E-state index in [0.29, 0.717) is 16.8 Å². The van der Waals surface area contributed by atoms with Crippen molar-refractivity contribution in [3.05, 3.63) is 98.7 Å². The predicted molar refractivity (Wildman–Crippen MR) is 173 cm³/mol. The van der Waals surface area contributed by atoms with Gasteiger partial charge >= 0.3 is 0 Å². The highest BCUT2D eigenvalue weighted by Crippen LogP contribution is 2.36. The van der Waals surface area contributed by atoms with E-state index in [2.05, 4.69) is 6.07 Å². The van der Waals surface area contributed by atoms with Gasteiger partial charge in [0.1, 0.15) is 11.0 Å². The first-order chi connectivity index (χ1) is 20.5. The van der Waals surface area contributed by atoms with Crippen LogP contribution in [0.25, 0.3) is 20.8 Å². The molecule has 5 aromatic rings. The maximum absolute atomic E-state index is 14.4. The molecule has 220 valence electrons. The summed E-state index contributed by atoms with van der Waals surface area (Å²) in [6.07, 6.45) is -0.231. The smallest absolute Gasteiger partial charge is 0.252 e. The molecule has 1 aliphatic heterocycles. The Morgan fingerprint density at radius 1 is 0.930 bits per heavy atom. The molecule has 2 amide bonds. The standard InChI is InChI=1S/C33H31N3O4S3/c1-19-8-13-27-29(15-19)42-32(34-27)24-9-11-25(12-10-24)36-30(37)17-28(33(36)38)35(18-26-7-6-14-41-26)43(39,40)31-22(4)20(2)16-21(3)23(31)5/h6-16,28H,17-18H2,1-5H3. The van der Waals surface area contributed by atoms with Gasteiger partial charge < -0.3 is 0 Å². The molecule has 1 aliphatic rings. The number of imide groups is 1. The molecule has 1 saturated heterocycles. The molecule has 1 unspecified atom stereocenters. The zero-order valence-corrected chi connectivity index (χ0v) is 27.0. The fraction of sp³-hybridized carbons (Fsp3) is 0.242. The number of hydrogen-bond donors (Lipinski definition) is 0. The number of hydrogen-bond acceptors (Lipinski definition) is 7. The first-order valence-electron chi connectivity index (χ1n) is 13.9. The summed E-state index contributed by atoms with van der Waals surface area (Å²) in [7, 11) is -4.15. The third-order valence-corrected chi connectivity index (χ3v) is 12.2.